The average molecular weight is 355 g/mol. The average Bonchev–Trinajstić information content (AvgIpc) is 2.46. The first-order chi connectivity index (χ1) is 10.7. The quantitative estimate of drug-likeness (QED) is 0.745. The van der Waals surface area contributed by atoms with Crippen LogP contribution in [-0.4, -0.2) is 15.0 Å². The lowest BCUT2D eigenvalue weighted by Gasteiger charge is -2.14. The predicted molar refractivity (Wildman–Crippen MR) is 91.1 cm³/mol. The van der Waals surface area contributed by atoms with Gasteiger partial charge >= 0.3 is 10.1 Å². The van der Waals surface area contributed by atoms with Gasteiger partial charge in [-0.15, -0.1) is 0 Å². The van der Waals surface area contributed by atoms with E-state index in [4.69, 9.17) is 20.5 Å². The van der Waals surface area contributed by atoms with Crippen LogP contribution in [0.15, 0.2) is 35.2 Å². The Morgan fingerprint density at radius 3 is 2.30 bits per heavy atom. The highest BCUT2D eigenvalue weighted by Gasteiger charge is 2.21. The lowest BCUT2D eigenvalue weighted by Crippen LogP contribution is -2.12. The molecule has 0 aromatic heterocycles. The number of hydrogen-bond donors (Lipinski definition) is 0. The van der Waals surface area contributed by atoms with Crippen LogP contribution in [0, 0.1) is 20.8 Å². The van der Waals surface area contributed by atoms with Gasteiger partial charge in [-0.25, -0.2) is 0 Å². The van der Waals surface area contributed by atoms with Crippen LogP contribution in [0.5, 0.6) is 11.5 Å². The van der Waals surface area contributed by atoms with Gasteiger partial charge in [0.2, 0.25) is 0 Å². The van der Waals surface area contributed by atoms with Crippen molar-refractivity contribution in [1.82, 2.24) is 0 Å². The summed E-state index contributed by atoms with van der Waals surface area (Å²) >= 11 is 5.94. The first-order valence-corrected chi connectivity index (χ1v) is 8.98. The normalized spacial score (nSPS) is 11.3. The second-order valence-electron chi connectivity index (χ2n) is 5.26. The van der Waals surface area contributed by atoms with Crippen molar-refractivity contribution in [1.29, 1.82) is 0 Å². The Labute approximate surface area is 142 Å². The first-order valence-electron chi connectivity index (χ1n) is 7.19. The SMILES string of the molecule is CCOc1cc(C)c(S(=O)(=O)Oc2ccc(Cl)c(C)c2)cc1C. The number of halogens is 1. The standard InChI is InChI=1S/C17H19ClO4S/c1-5-21-16-9-13(4)17(10-12(16)3)23(19,20)22-14-6-7-15(18)11(2)8-14/h6-10H,5H2,1-4H3. The third kappa shape index (κ3) is 3.98. The second kappa shape index (κ2) is 6.81. The Morgan fingerprint density at radius 1 is 1.00 bits per heavy atom. The maximum atomic E-state index is 12.5. The molecule has 2 aromatic rings. The highest BCUT2D eigenvalue weighted by molar-refractivity contribution is 7.87. The molecule has 6 heteroatoms. The van der Waals surface area contributed by atoms with E-state index in [0.717, 1.165) is 11.1 Å². The van der Waals surface area contributed by atoms with E-state index in [1.165, 1.54) is 6.07 Å². The van der Waals surface area contributed by atoms with Crippen molar-refractivity contribution in [2.75, 3.05) is 6.61 Å². The van der Waals surface area contributed by atoms with Crippen LogP contribution >= 0.6 is 11.6 Å². The molecule has 0 radical (unpaired) electrons. The van der Waals surface area contributed by atoms with E-state index in [0.29, 0.717) is 22.9 Å². The highest BCUT2D eigenvalue weighted by Crippen LogP contribution is 2.29. The van der Waals surface area contributed by atoms with E-state index in [-0.39, 0.29) is 10.6 Å². The molecule has 2 aromatic carbocycles. The Morgan fingerprint density at radius 2 is 1.70 bits per heavy atom. The van der Waals surface area contributed by atoms with Crippen molar-refractivity contribution in [3.8, 4) is 11.5 Å². The molecule has 0 aliphatic heterocycles. The van der Waals surface area contributed by atoms with Crippen molar-refractivity contribution in [2.24, 2.45) is 0 Å². The Kier molecular flexibility index (Phi) is 5.22. The number of ether oxygens (including phenoxy) is 1. The number of rotatable bonds is 5. The lowest BCUT2D eigenvalue weighted by molar-refractivity contribution is 0.337. The zero-order valence-corrected chi connectivity index (χ0v) is 15.1. The Bertz CT molecular complexity index is 829. The summed E-state index contributed by atoms with van der Waals surface area (Å²) in [4.78, 5) is 0.131. The molecule has 0 amide bonds. The van der Waals surface area contributed by atoms with Crippen LogP contribution in [0.2, 0.25) is 5.02 Å². The third-order valence-electron chi connectivity index (χ3n) is 3.38. The molecule has 23 heavy (non-hydrogen) atoms. The van der Waals surface area contributed by atoms with E-state index in [9.17, 15) is 8.42 Å². The zero-order valence-electron chi connectivity index (χ0n) is 13.5. The van der Waals surface area contributed by atoms with Crippen molar-refractivity contribution in [3.63, 3.8) is 0 Å². The molecule has 4 nitrogen and oxygen atoms in total. The van der Waals surface area contributed by atoms with Crippen LogP contribution < -0.4 is 8.92 Å². The molecule has 0 saturated heterocycles. The van der Waals surface area contributed by atoms with Crippen LogP contribution in [0.25, 0.3) is 0 Å². The first kappa shape index (κ1) is 17.6. The van der Waals surface area contributed by atoms with Gasteiger partial charge < -0.3 is 8.92 Å². The molecule has 0 bridgehead atoms. The largest absolute Gasteiger partial charge is 0.494 e. The van der Waals surface area contributed by atoms with Gasteiger partial charge in [-0.3, -0.25) is 0 Å². The van der Waals surface area contributed by atoms with E-state index in [1.54, 1.807) is 45.0 Å². The van der Waals surface area contributed by atoms with Crippen molar-refractivity contribution < 1.29 is 17.3 Å². The number of aryl methyl sites for hydroxylation is 3. The van der Waals surface area contributed by atoms with Gasteiger partial charge in [0.15, 0.2) is 0 Å². The Hall–Kier alpha value is -1.72. The second-order valence-corrected chi connectivity index (χ2v) is 7.19. The molecule has 0 atom stereocenters. The van der Waals surface area contributed by atoms with Crippen LogP contribution in [0.3, 0.4) is 0 Å². The zero-order chi connectivity index (χ0) is 17.2. The molecule has 0 saturated carbocycles. The van der Waals surface area contributed by atoms with Gasteiger partial charge in [-0.1, -0.05) is 11.6 Å². The van der Waals surface area contributed by atoms with E-state index in [2.05, 4.69) is 0 Å². The Balaban J connectivity index is 2.39. The van der Waals surface area contributed by atoms with Gasteiger partial charge in [0.1, 0.15) is 16.4 Å². The van der Waals surface area contributed by atoms with Crippen LogP contribution in [-0.2, 0) is 10.1 Å². The predicted octanol–water partition coefficient (Wildman–Crippen LogP) is 4.43. The van der Waals surface area contributed by atoms with Gasteiger partial charge in [0.25, 0.3) is 0 Å². The van der Waals surface area contributed by atoms with Gasteiger partial charge in [-0.05, 0) is 74.7 Å². The minimum absolute atomic E-state index is 0.131. The van der Waals surface area contributed by atoms with Gasteiger partial charge in [-0.2, -0.15) is 8.42 Å². The molecule has 0 aliphatic carbocycles. The number of hydrogen-bond acceptors (Lipinski definition) is 4. The summed E-state index contributed by atoms with van der Waals surface area (Å²) in [6, 6.07) is 8.01. The highest BCUT2D eigenvalue weighted by atomic mass is 35.5. The molecule has 0 unspecified atom stereocenters. The molecule has 0 spiro atoms. The summed E-state index contributed by atoms with van der Waals surface area (Å²) in [5, 5.41) is 0.558. The fraction of sp³-hybridized carbons (Fsp3) is 0.294. The minimum Gasteiger partial charge on any atom is -0.494 e. The van der Waals surface area contributed by atoms with Crippen molar-refractivity contribution in [2.45, 2.75) is 32.6 Å². The maximum absolute atomic E-state index is 12.5. The number of benzene rings is 2. The molecule has 124 valence electrons. The lowest BCUT2D eigenvalue weighted by atomic mass is 10.1. The fourth-order valence-corrected chi connectivity index (χ4v) is 3.52. The summed E-state index contributed by atoms with van der Waals surface area (Å²) in [5.41, 5.74) is 2.07. The molecule has 0 heterocycles. The van der Waals surface area contributed by atoms with E-state index in [1.807, 2.05) is 6.92 Å². The van der Waals surface area contributed by atoms with Crippen LogP contribution in [0.4, 0.5) is 0 Å². The monoisotopic (exact) mass is 354 g/mol. The van der Waals surface area contributed by atoms with Crippen molar-refractivity contribution >= 4 is 21.7 Å². The van der Waals surface area contributed by atoms with E-state index < -0.39 is 10.1 Å². The van der Waals surface area contributed by atoms with Crippen LogP contribution in [0.1, 0.15) is 23.6 Å². The van der Waals surface area contributed by atoms with E-state index >= 15 is 0 Å². The molecule has 2 rings (SSSR count). The van der Waals surface area contributed by atoms with Gasteiger partial charge in [0, 0.05) is 5.02 Å². The minimum atomic E-state index is -3.93. The summed E-state index contributed by atoms with van der Waals surface area (Å²) in [5.74, 6) is 0.907. The molecule has 0 fully saturated rings. The van der Waals surface area contributed by atoms with Crippen molar-refractivity contribution in [3.05, 3.63) is 52.0 Å². The molecule has 0 aliphatic rings. The maximum Gasteiger partial charge on any atom is 0.339 e. The molecular formula is C17H19ClO4S. The fourth-order valence-electron chi connectivity index (χ4n) is 2.18. The summed E-state index contributed by atoms with van der Waals surface area (Å²) < 4.78 is 35.8. The summed E-state index contributed by atoms with van der Waals surface area (Å²) in [7, 11) is -3.93. The van der Waals surface area contributed by atoms with Gasteiger partial charge in [0.05, 0.1) is 6.61 Å². The molecular weight excluding hydrogens is 336 g/mol. The smallest absolute Gasteiger partial charge is 0.339 e. The molecule has 0 N–H and O–H groups in total. The third-order valence-corrected chi connectivity index (χ3v) is 5.19. The summed E-state index contributed by atoms with van der Waals surface area (Å²) in [6.45, 7) is 7.70. The topological polar surface area (TPSA) is 52.6 Å². The summed E-state index contributed by atoms with van der Waals surface area (Å²) in [6.07, 6.45) is 0.